The number of carbonyl (C=O) groups is 2. The molecular formula is C16H16N4O4. The zero-order valence-corrected chi connectivity index (χ0v) is 13.3. The number of benzene rings is 1. The van der Waals surface area contributed by atoms with Gasteiger partial charge in [-0.05, 0) is 44.0 Å². The van der Waals surface area contributed by atoms with E-state index in [0.717, 1.165) is 11.3 Å². The molecule has 1 aromatic carbocycles. The number of anilines is 1. The summed E-state index contributed by atoms with van der Waals surface area (Å²) >= 11 is 0. The molecule has 1 aliphatic rings. The Labute approximate surface area is 137 Å². The monoisotopic (exact) mass is 328 g/mol. The number of ketones is 1. The lowest BCUT2D eigenvalue weighted by Crippen LogP contribution is -2.20. The van der Waals surface area contributed by atoms with Crippen molar-refractivity contribution >= 4 is 23.1 Å². The van der Waals surface area contributed by atoms with Crippen molar-refractivity contribution < 1.29 is 14.5 Å². The lowest BCUT2D eigenvalue weighted by molar-refractivity contribution is -0.386. The third-order valence-electron chi connectivity index (χ3n) is 4.14. The summed E-state index contributed by atoms with van der Waals surface area (Å²) in [5.41, 5.74) is 2.73. The first-order chi connectivity index (χ1) is 11.4. The maximum Gasteiger partial charge on any atom is 0.312 e. The van der Waals surface area contributed by atoms with Crippen molar-refractivity contribution in [3.8, 4) is 0 Å². The van der Waals surface area contributed by atoms with Gasteiger partial charge in [-0.25, -0.2) is 0 Å². The molecule has 0 radical (unpaired) electrons. The third-order valence-corrected chi connectivity index (χ3v) is 4.14. The van der Waals surface area contributed by atoms with Crippen LogP contribution < -0.4 is 5.32 Å². The second-order valence-electron chi connectivity index (χ2n) is 5.78. The second kappa shape index (κ2) is 5.88. The van der Waals surface area contributed by atoms with E-state index < -0.39 is 4.92 Å². The molecule has 0 spiro atoms. The highest BCUT2D eigenvalue weighted by atomic mass is 16.6. The predicted octanol–water partition coefficient (Wildman–Crippen LogP) is 2.18. The maximum absolute atomic E-state index is 12.5. The fraction of sp³-hybridized carbons (Fsp3) is 0.312. The molecule has 3 rings (SSSR count). The van der Waals surface area contributed by atoms with E-state index in [1.807, 2.05) is 0 Å². The molecule has 0 bridgehead atoms. The predicted molar refractivity (Wildman–Crippen MR) is 86.1 cm³/mol. The standard InChI is InChI=1S/C16H16N4O4/c1-9-16(20(23)24)10(2)19(18-9)8-14(21)12-3-5-13-11(7-12)4-6-15(22)17-13/h3,5,7H,4,6,8H2,1-2H3,(H,17,22). The first kappa shape index (κ1) is 15.9. The molecule has 1 N–H and O–H groups in total. The quantitative estimate of drug-likeness (QED) is 0.526. The van der Waals surface area contributed by atoms with E-state index in [0.29, 0.717) is 29.8 Å². The van der Waals surface area contributed by atoms with E-state index in [1.54, 1.807) is 32.0 Å². The van der Waals surface area contributed by atoms with Gasteiger partial charge in [-0.15, -0.1) is 0 Å². The molecule has 1 aliphatic heterocycles. The summed E-state index contributed by atoms with van der Waals surface area (Å²) in [6, 6.07) is 5.12. The molecule has 8 heteroatoms. The second-order valence-corrected chi connectivity index (χ2v) is 5.78. The topological polar surface area (TPSA) is 107 Å². The Balaban J connectivity index is 1.85. The molecule has 0 saturated carbocycles. The van der Waals surface area contributed by atoms with Crippen LogP contribution >= 0.6 is 0 Å². The molecule has 1 amide bonds. The minimum atomic E-state index is -0.486. The zero-order valence-electron chi connectivity index (χ0n) is 13.3. The number of fused-ring (bicyclic) bond motifs is 1. The smallest absolute Gasteiger partial charge is 0.312 e. The number of Topliss-reactive ketones (excluding diaryl/α,β-unsaturated/α-hetero) is 1. The van der Waals surface area contributed by atoms with E-state index >= 15 is 0 Å². The molecule has 0 atom stereocenters. The van der Waals surface area contributed by atoms with E-state index in [2.05, 4.69) is 10.4 Å². The number of nitrogens with zero attached hydrogens (tertiary/aromatic N) is 3. The Morgan fingerprint density at radius 3 is 2.79 bits per heavy atom. The van der Waals surface area contributed by atoms with Gasteiger partial charge in [0.05, 0.1) is 4.92 Å². The molecular weight excluding hydrogens is 312 g/mol. The normalized spacial score (nSPS) is 13.3. The largest absolute Gasteiger partial charge is 0.326 e. The van der Waals surface area contributed by atoms with Crippen LogP contribution in [0.5, 0.6) is 0 Å². The van der Waals surface area contributed by atoms with Crippen LogP contribution in [0.3, 0.4) is 0 Å². The van der Waals surface area contributed by atoms with Crippen LogP contribution in [0.1, 0.15) is 33.7 Å². The van der Waals surface area contributed by atoms with Crippen LogP contribution in [0.4, 0.5) is 11.4 Å². The maximum atomic E-state index is 12.5. The summed E-state index contributed by atoms with van der Waals surface area (Å²) in [4.78, 5) is 34.4. The van der Waals surface area contributed by atoms with Crippen molar-refractivity contribution in [2.45, 2.75) is 33.2 Å². The summed E-state index contributed by atoms with van der Waals surface area (Å²) in [5, 5.41) is 17.9. The third kappa shape index (κ3) is 2.78. The van der Waals surface area contributed by atoms with Crippen LogP contribution in [0.15, 0.2) is 18.2 Å². The fourth-order valence-corrected chi connectivity index (χ4v) is 2.89. The summed E-state index contributed by atoms with van der Waals surface area (Å²) in [7, 11) is 0. The summed E-state index contributed by atoms with van der Waals surface area (Å²) in [6.45, 7) is 3.06. The SMILES string of the molecule is Cc1nn(CC(=O)c2ccc3c(c2)CCC(=O)N3)c(C)c1[N+](=O)[O-]. The molecule has 0 unspecified atom stereocenters. The highest BCUT2D eigenvalue weighted by Gasteiger charge is 2.23. The Hall–Kier alpha value is -3.03. The number of amides is 1. The van der Waals surface area contributed by atoms with E-state index in [-0.39, 0.29) is 23.9 Å². The molecule has 2 heterocycles. The fourth-order valence-electron chi connectivity index (χ4n) is 2.89. The number of nitro groups is 1. The van der Waals surface area contributed by atoms with Crippen LogP contribution in [0.2, 0.25) is 0 Å². The van der Waals surface area contributed by atoms with Crippen molar-refractivity contribution in [2.24, 2.45) is 0 Å². The van der Waals surface area contributed by atoms with Gasteiger partial charge in [-0.3, -0.25) is 24.4 Å². The van der Waals surface area contributed by atoms with Gasteiger partial charge in [0.25, 0.3) is 0 Å². The minimum absolute atomic E-state index is 0.0310. The van der Waals surface area contributed by atoms with Crippen LogP contribution in [-0.2, 0) is 17.8 Å². The number of hydrogen-bond donors (Lipinski definition) is 1. The van der Waals surface area contributed by atoms with Crippen LogP contribution in [0.25, 0.3) is 0 Å². The van der Waals surface area contributed by atoms with Gasteiger partial charge < -0.3 is 5.32 Å². The lowest BCUT2D eigenvalue weighted by atomic mass is 9.99. The Morgan fingerprint density at radius 1 is 1.38 bits per heavy atom. The van der Waals surface area contributed by atoms with Crippen molar-refractivity contribution in [1.82, 2.24) is 9.78 Å². The van der Waals surface area contributed by atoms with Crippen LogP contribution in [-0.4, -0.2) is 26.4 Å². The van der Waals surface area contributed by atoms with Gasteiger partial charge in [0, 0.05) is 17.7 Å². The van der Waals surface area contributed by atoms with E-state index in [1.165, 1.54) is 4.68 Å². The average molecular weight is 328 g/mol. The lowest BCUT2D eigenvalue weighted by Gasteiger charge is -2.17. The average Bonchev–Trinajstić information content (AvgIpc) is 2.80. The first-order valence-electron chi connectivity index (χ1n) is 7.51. The van der Waals surface area contributed by atoms with Gasteiger partial charge in [-0.1, -0.05) is 0 Å². The zero-order chi connectivity index (χ0) is 17.4. The summed E-state index contributed by atoms with van der Waals surface area (Å²) < 4.78 is 1.36. The number of aromatic nitrogens is 2. The van der Waals surface area contributed by atoms with Crippen molar-refractivity contribution in [2.75, 3.05) is 5.32 Å². The number of aryl methyl sites for hydroxylation is 2. The molecule has 24 heavy (non-hydrogen) atoms. The summed E-state index contributed by atoms with van der Waals surface area (Å²) in [6.07, 6.45) is 0.988. The van der Waals surface area contributed by atoms with Gasteiger partial charge in [0.2, 0.25) is 5.91 Å². The number of rotatable bonds is 4. The van der Waals surface area contributed by atoms with Gasteiger partial charge in [0.1, 0.15) is 17.9 Å². The molecule has 2 aromatic rings. The van der Waals surface area contributed by atoms with Gasteiger partial charge >= 0.3 is 5.69 Å². The highest BCUT2D eigenvalue weighted by Crippen LogP contribution is 2.25. The molecule has 8 nitrogen and oxygen atoms in total. The van der Waals surface area contributed by atoms with Crippen molar-refractivity contribution in [3.63, 3.8) is 0 Å². The molecule has 1 aromatic heterocycles. The molecule has 124 valence electrons. The number of hydrogen-bond acceptors (Lipinski definition) is 5. The molecule has 0 aliphatic carbocycles. The first-order valence-corrected chi connectivity index (χ1v) is 7.51. The summed E-state index contributed by atoms with van der Waals surface area (Å²) in [5.74, 6) is -0.216. The van der Waals surface area contributed by atoms with E-state index in [4.69, 9.17) is 0 Å². The minimum Gasteiger partial charge on any atom is -0.326 e. The van der Waals surface area contributed by atoms with Crippen molar-refractivity contribution in [3.05, 3.63) is 50.8 Å². The Morgan fingerprint density at radius 2 is 2.12 bits per heavy atom. The highest BCUT2D eigenvalue weighted by molar-refractivity contribution is 5.98. The molecule has 0 fully saturated rings. The Bertz CT molecular complexity index is 869. The number of carbonyl (C=O) groups excluding carboxylic acids is 2. The van der Waals surface area contributed by atoms with Crippen molar-refractivity contribution in [1.29, 1.82) is 0 Å². The van der Waals surface area contributed by atoms with Gasteiger partial charge in [0.15, 0.2) is 5.78 Å². The Kier molecular flexibility index (Phi) is 3.88. The van der Waals surface area contributed by atoms with E-state index in [9.17, 15) is 19.7 Å². The van der Waals surface area contributed by atoms with Gasteiger partial charge in [-0.2, -0.15) is 5.10 Å². The number of nitrogens with one attached hydrogen (secondary N) is 1. The van der Waals surface area contributed by atoms with Crippen LogP contribution in [0, 0.1) is 24.0 Å². The molecule has 0 saturated heterocycles.